The minimum Gasteiger partial charge on any atom is -0.306 e. The first-order valence-electron chi connectivity index (χ1n) is 14.2. The highest BCUT2D eigenvalue weighted by molar-refractivity contribution is 7.23. The van der Waals surface area contributed by atoms with Crippen LogP contribution in [0.2, 0.25) is 0 Å². The van der Waals surface area contributed by atoms with Crippen molar-refractivity contribution in [2.24, 2.45) is 11.8 Å². The van der Waals surface area contributed by atoms with Crippen molar-refractivity contribution in [1.29, 1.82) is 0 Å². The monoisotopic (exact) mass is 630 g/mol. The second-order valence-electron chi connectivity index (χ2n) is 11.6. The summed E-state index contributed by atoms with van der Waals surface area (Å²) in [5, 5.41) is 0. The van der Waals surface area contributed by atoms with E-state index < -0.39 is 0 Å². The molecule has 6 heterocycles. The van der Waals surface area contributed by atoms with Gasteiger partial charge in [0.05, 0.1) is 32.3 Å². The maximum atomic E-state index is 14.2. The summed E-state index contributed by atoms with van der Waals surface area (Å²) in [5.41, 5.74) is 2.69. The Morgan fingerprint density at radius 1 is 0.571 bits per heavy atom. The molecular weight excluding hydrogens is 597 g/mol. The molecule has 0 bridgehead atoms. The second kappa shape index (κ2) is 11.6. The number of hydrogen-bond acceptors (Lipinski definition) is 6. The Labute approximate surface area is 263 Å². The van der Waals surface area contributed by atoms with E-state index in [1.165, 1.54) is 19.5 Å². The smallest absolute Gasteiger partial charge is 0.261 e. The number of aryl methyl sites for hydroxylation is 2. The van der Waals surface area contributed by atoms with Crippen LogP contribution >= 0.6 is 45.3 Å². The predicted octanol–water partition coefficient (Wildman–Crippen LogP) is 9.51. The molecule has 0 atom stereocenters. The van der Waals surface area contributed by atoms with Gasteiger partial charge >= 0.3 is 0 Å². The Balaban J connectivity index is 1.42. The number of carbonyl (C=O) groups excluding carboxylic acids is 2. The third-order valence-corrected chi connectivity index (χ3v) is 11.4. The molecule has 2 amide bonds. The van der Waals surface area contributed by atoms with Gasteiger partial charge in [0.2, 0.25) is 0 Å². The standard InChI is InChI=1S/C34H34N2O2S4/c1-19(2)17-35-31(27-13-8-22(6)40-27)29-30(34(35)38)32(36(33(29)37)18-20(3)4)28-16-15-26(42-28)25-14-12-24(41-25)11-10-23-9-7-21(5)39-23/h7-16,19-20H,17-18H2,1-6H3/b11-10+. The summed E-state index contributed by atoms with van der Waals surface area (Å²) in [6, 6.07) is 16.9. The largest absolute Gasteiger partial charge is 0.306 e. The summed E-state index contributed by atoms with van der Waals surface area (Å²) in [6.45, 7) is 13.8. The summed E-state index contributed by atoms with van der Waals surface area (Å²) < 4.78 is 0. The summed E-state index contributed by atoms with van der Waals surface area (Å²) in [5.74, 6) is 0.416. The Kier molecular flexibility index (Phi) is 8.00. The highest BCUT2D eigenvalue weighted by Gasteiger charge is 2.49. The molecule has 216 valence electrons. The van der Waals surface area contributed by atoms with Gasteiger partial charge in [-0.1, -0.05) is 27.7 Å². The van der Waals surface area contributed by atoms with Crippen molar-refractivity contribution in [3.05, 3.63) is 88.9 Å². The lowest BCUT2D eigenvalue weighted by atomic mass is 10.1. The average Bonchev–Trinajstić information content (AvgIpc) is 3.76. The summed E-state index contributed by atoms with van der Waals surface area (Å²) >= 11 is 6.85. The fourth-order valence-corrected chi connectivity index (χ4v) is 9.20. The first kappa shape index (κ1) is 29.1. The van der Waals surface area contributed by atoms with Gasteiger partial charge in [0.1, 0.15) is 0 Å². The molecule has 0 unspecified atom stereocenters. The number of nitrogens with zero attached hydrogens (tertiary/aromatic N) is 2. The van der Waals surface area contributed by atoms with E-state index in [0.717, 1.165) is 30.9 Å². The molecule has 2 aliphatic rings. The van der Waals surface area contributed by atoms with Crippen LogP contribution in [0.1, 0.15) is 57.0 Å². The van der Waals surface area contributed by atoms with Crippen molar-refractivity contribution in [3.8, 4) is 9.75 Å². The zero-order valence-electron chi connectivity index (χ0n) is 24.7. The lowest BCUT2D eigenvalue weighted by molar-refractivity contribution is -0.124. The minimum absolute atomic E-state index is 0.0586. The molecule has 0 aromatic carbocycles. The second-order valence-corrected chi connectivity index (χ2v) is 16.4. The Morgan fingerprint density at radius 2 is 1.00 bits per heavy atom. The van der Waals surface area contributed by atoms with E-state index >= 15 is 0 Å². The van der Waals surface area contributed by atoms with Crippen LogP contribution in [0.5, 0.6) is 0 Å². The number of rotatable bonds is 9. The van der Waals surface area contributed by atoms with Crippen molar-refractivity contribution in [1.82, 2.24) is 9.80 Å². The van der Waals surface area contributed by atoms with E-state index in [1.54, 1.807) is 45.3 Å². The molecular formula is C34H34N2O2S4. The fourth-order valence-electron chi connectivity index (χ4n) is 5.43. The van der Waals surface area contributed by atoms with Gasteiger partial charge < -0.3 is 9.80 Å². The molecule has 0 saturated carbocycles. The highest BCUT2D eigenvalue weighted by atomic mass is 32.1. The molecule has 0 radical (unpaired) electrons. The molecule has 6 rings (SSSR count). The molecule has 4 aromatic heterocycles. The van der Waals surface area contributed by atoms with Crippen molar-refractivity contribution in [2.75, 3.05) is 13.1 Å². The number of fused-ring (bicyclic) bond motifs is 1. The Bertz CT molecular complexity index is 1770. The van der Waals surface area contributed by atoms with Crippen LogP contribution < -0.4 is 0 Å². The molecule has 42 heavy (non-hydrogen) atoms. The van der Waals surface area contributed by atoms with E-state index in [-0.39, 0.29) is 23.7 Å². The molecule has 4 nitrogen and oxygen atoms in total. The van der Waals surface area contributed by atoms with Gasteiger partial charge in [-0.3, -0.25) is 9.59 Å². The van der Waals surface area contributed by atoms with E-state index in [9.17, 15) is 9.59 Å². The molecule has 0 spiro atoms. The number of hydrogen-bond donors (Lipinski definition) is 0. The van der Waals surface area contributed by atoms with E-state index in [4.69, 9.17) is 0 Å². The van der Waals surface area contributed by atoms with Crippen LogP contribution in [0.4, 0.5) is 0 Å². The van der Waals surface area contributed by atoms with Crippen molar-refractivity contribution < 1.29 is 9.59 Å². The highest BCUT2D eigenvalue weighted by Crippen LogP contribution is 2.49. The van der Waals surface area contributed by atoms with Crippen molar-refractivity contribution in [3.63, 3.8) is 0 Å². The van der Waals surface area contributed by atoms with E-state index in [1.807, 2.05) is 9.80 Å². The van der Waals surface area contributed by atoms with Gasteiger partial charge in [-0.05, 0) is 86.4 Å². The van der Waals surface area contributed by atoms with Gasteiger partial charge in [-0.25, -0.2) is 0 Å². The predicted molar refractivity (Wildman–Crippen MR) is 182 cm³/mol. The first-order valence-corrected chi connectivity index (χ1v) is 17.5. The van der Waals surface area contributed by atoms with Gasteiger partial charge in [0, 0.05) is 42.4 Å². The minimum atomic E-state index is -0.0586. The Morgan fingerprint density at radius 3 is 1.52 bits per heavy atom. The third kappa shape index (κ3) is 5.41. The van der Waals surface area contributed by atoms with Gasteiger partial charge in [0.25, 0.3) is 11.8 Å². The fraction of sp³-hybridized carbons (Fsp3) is 0.294. The molecule has 8 heteroatoms. The summed E-state index contributed by atoms with van der Waals surface area (Å²) in [4.78, 5) is 41.3. The number of carbonyl (C=O) groups is 2. The van der Waals surface area contributed by atoms with E-state index in [0.29, 0.717) is 24.2 Å². The molecule has 0 saturated heterocycles. The van der Waals surface area contributed by atoms with Crippen LogP contribution in [0.3, 0.4) is 0 Å². The van der Waals surface area contributed by atoms with Crippen LogP contribution in [0.25, 0.3) is 33.3 Å². The lowest BCUT2D eigenvalue weighted by Crippen LogP contribution is -2.33. The van der Waals surface area contributed by atoms with Gasteiger partial charge in [-0.15, -0.1) is 45.3 Å². The van der Waals surface area contributed by atoms with Gasteiger partial charge in [-0.2, -0.15) is 0 Å². The average molecular weight is 631 g/mol. The summed E-state index contributed by atoms with van der Waals surface area (Å²) in [7, 11) is 0. The normalized spacial score (nSPS) is 15.7. The zero-order chi connectivity index (χ0) is 29.7. The lowest BCUT2D eigenvalue weighted by Gasteiger charge is -2.26. The first-order chi connectivity index (χ1) is 20.1. The zero-order valence-corrected chi connectivity index (χ0v) is 28.0. The van der Waals surface area contributed by atoms with Gasteiger partial charge in [0.15, 0.2) is 0 Å². The van der Waals surface area contributed by atoms with Crippen molar-refractivity contribution >= 4 is 80.7 Å². The Hall–Kier alpha value is -3.04. The quantitative estimate of drug-likeness (QED) is 0.185. The van der Waals surface area contributed by atoms with Crippen LogP contribution in [0.15, 0.2) is 59.7 Å². The van der Waals surface area contributed by atoms with Crippen LogP contribution in [-0.2, 0) is 9.59 Å². The maximum absolute atomic E-state index is 14.2. The van der Waals surface area contributed by atoms with Crippen molar-refractivity contribution in [2.45, 2.75) is 41.5 Å². The molecule has 0 aliphatic carbocycles. The topological polar surface area (TPSA) is 40.6 Å². The van der Waals surface area contributed by atoms with E-state index in [2.05, 4.69) is 102 Å². The molecule has 4 aromatic rings. The SMILES string of the molecule is Cc1ccc(/C=C/c2ccc(-c3ccc(C4=C5C(=O)N(CC(C)C)C(c6ccc(C)s6)=C5C(=O)N4CC(C)C)s3)s2)s1. The number of thiophene rings is 4. The number of amides is 2. The maximum Gasteiger partial charge on any atom is 0.261 e. The van der Waals surface area contributed by atoms with Crippen LogP contribution in [0, 0.1) is 25.7 Å². The molecule has 2 aliphatic heterocycles. The molecule has 0 fully saturated rings. The molecule has 0 N–H and O–H groups in total. The third-order valence-electron chi connectivity index (χ3n) is 7.13. The summed E-state index contributed by atoms with van der Waals surface area (Å²) in [6.07, 6.45) is 4.34. The van der Waals surface area contributed by atoms with Crippen LogP contribution in [-0.4, -0.2) is 34.7 Å².